The summed E-state index contributed by atoms with van der Waals surface area (Å²) in [6.45, 7) is 2.04. The van der Waals surface area contributed by atoms with E-state index < -0.39 is 5.82 Å². The van der Waals surface area contributed by atoms with Gasteiger partial charge in [0.1, 0.15) is 11.6 Å². The molecule has 1 N–H and O–H groups in total. The van der Waals surface area contributed by atoms with Crippen LogP contribution in [0.4, 0.5) is 8.78 Å². The van der Waals surface area contributed by atoms with Crippen molar-refractivity contribution in [1.82, 2.24) is 5.32 Å². The molecule has 0 spiro atoms. The maximum atomic E-state index is 13.8. The third-order valence-corrected chi connectivity index (χ3v) is 4.85. The molecule has 0 fully saturated rings. The molecule has 0 aliphatic rings. The van der Waals surface area contributed by atoms with Crippen molar-refractivity contribution in [2.24, 2.45) is 0 Å². The van der Waals surface area contributed by atoms with E-state index in [4.69, 9.17) is 0 Å². The Morgan fingerprint density at radius 1 is 1.20 bits per heavy atom. The number of nitrogens with one attached hydrogen (secondary N) is 1. The zero-order valence-electron chi connectivity index (χ0n) is 11.4. The van der Waals surface area contributed by atoms with E-state index in [1.54, 1.807) is 0 Å². The summed E-state index contributed by atoms with van der Waals surface area (Å²) in [5.74, 6) is -0.774. The van der Waals surface area contributed by atoms with E-state index in [1.165, 1.54) is 17.7 Å². The lowest BCUT2D eigenvalue weighted by Crippen LogP contribution is -2.20. The minimum atomic E-state index is -0.407. The van der Waals surface area contributed by atoms with Crippen molar-refractivity contribution in [2.45, 2.75) is 19.4 Å². The average molecular weight is 387 g/mol. The second-order valence-corrected chi connectivity index (χ2v) is 5.84. The minimum Gasteiger partial charge on any atom is -0.313 e. The molecule has 0 saturated carbocycles. The van der Waals surface area contributed by atoms with E-state index in [2.05, 4.69) is 27.9 Å². The van der Waals surface area contributed by atoms with Gasteiger partial charge in [-0.25, -0.2) is 8.78 Å². The Bertz CT molecular complexity index is 613. The summed E-state index contributed by atoms with van der Waals surface area (Å²) >= 11 is 2.29. The van der Waals surface area contributed by atoms with E-state index in [0.717, 1.165) is 15.2 Å². The van der Waals surface area contributed by atoms with Gasteiger partial charge < -0.3 is 5.32 Å². The quantitative estimate of drug-likeness (QED) is 0.768. The summed E-state index contributed by atoms with van der Waals surface area (Å²) in [7, 11) is 1.83. The van der Waals surface area contributed by atoms with Gasteiger partial charge in [0, 0.05) is 9.61 Å². The Hall–Kier alpha value is -1.01. The highest BCUT2D eigenvalue weighted by molar-refractivity contribution is 14.1. The van der Waals surface area contributed by atoms with Gasteiger partial charge in [-0.3, -0.25) is 0 Å². The topological polar surface area (TPSA) is 12.0 Å². The van der Waals surface area contributed by atoms with Crippen molar-refractivity contribution < 1.29 is 8.78 Å². The molecule has 1 unspecified atom stereocenters. The van der Waals surface area contributed by atoms with Gasteiger partial charge in [0.25, 0.3) is 0 Å². The SMILES string of the molecule is CNC(Cc1cc(F)ccc1F)c1cccc(C)c1I. The van der Waals surface area contributed by atoms with Gasteiger partial charge in [-0.05, 0) is 77.9 Å². The summed E-state index contributed by atoms with van der Waals surface area (Å²) < 4.78 is 28.2. The number of hydrogen-bond donors (Lipinski definition) is 1. The Labute approximate surface area is 131 Å². The zero-order chi connectivity index (χ0) is 14.7. The molecule has 106 valence electrons. The van der Waals surface area contributed by atoms with Gasteiger partial charge in [0.2, 0.25) is 0 Å². The first-order valence-electron chi connectivity index (χ1n) is 6.39. The summed E-state index contributed by atoms with van der Waals surface area (Å²) in [4.78, 5) is 0. The van der Waals surface area contributed by atoms with Crippen LogP contribution in [0, 0.1) is 22.1 Å². The molecule has 0 bridgehead atoms. The summed E-state index contributed by atoms with van der Waals surface area (Å²) in [6.07, 6.45) is 0.416. The summed E-state index contributed by atoms with van der Waals surface area (Å²) in [6, 6.07) is 9.59. The van der Waals surface area contributed by atoms with E-state index in [0.29, 0.717) is 12.0 Å². The van der Waals surface area contributed by atoms with Crippen molar-refractivity contribution >= 4 is 22.6 Å². The normalized spacial score (nSPS) is 12.4. The molecular weight excluding hydrogens is 371 g/mol. The molecule has 2 aromatic rings. The molecule has 0 radical (unpaired) electrons. The molecule has 2 aromatic carbocycles. The van der Waals surface area contributed by atoms with Crippen molar-refractivity contribution in [3.05, 3.63) is 68.3 Å². The highest BCUT2D eigenvalue weighted by atomic mass is 127. The standard InChI is InChI=1S/C16H16F2IN/c1-10-4-3-5-13(16(10)19)15(20-2)9-11-8-12(17)6-7-14(11)18/h3-8,15,20H,9H2,1-2H3. The highest BCUT2D eigenvalue weighted by Gasteiger charge is 2.16. The highest BCUT2D eigenvalue weighted by Crippen LogP contribution is 2.26. The van der Waals surface area contributed by atoms with Crippen LogP contribution in [0.5, 0.6) is 0 Å². The Kier molecular flexibility index (Phi) is 5.10. The Balaban J connectivity index is 2.34. The zero-order valence-corrected chi connectivity index (χ0v) is 13.5. The fraction of sp³-hybridized carbons (Fsp3) is 0.250. The molecule has 0 amide bonds. The van der Waals surface area contributed by atoms with Crippen molar-refractivity contribution in [3.63, 3.8) is 0 Å². The molecule has 2 rings (SSSR count). The maximum absolute atomic E-state index is 13.8. The van der Waals surface area contributed by atoms with Gasteiger partial charge in [-0.2, -0.15) is 0 Å². The molecule has 1 atom stereocenters. The lowest BCUT2D eigenvalue weighted by atomic mass is 9.97. The lowest BCUT2D eigenvalue weighted by Gasteiger charge is -2.19. The van der Waals surface area contributed by atoms with Crippen LogP contribution in [-0.2, 0) is 6.42 Å². The lowest BCUT2D eigenvalue weighted by molar-refractivity contribution is 0.542. The van der Waals surface area contributed by atoms with E-state index in [-0.39, 0.29) is 11.9 Å². The second kappa shape index (κ2) is 6.63. The van der Waals surface area contributed by atoms with Gasteiger partial charge in [0.05, 0.1) is 0 Å². The Morgan fingerprint density at radius 3 is 2.65 bits per heavy atom. The second-order valence-electron chi connectivity index (χ2n) is 4.76. The molecule has 0 saturated heterocycles. The average Bonchev–Trinajstić information content (AvgIpc) is 2.43. The van der Waals surface area contributed by atoms with Crippen LogP contribution in [0.3, 0.4) is 0 Å². The molecule has 0 aliphatic heterocycles. The first kappa shape index (κ1) is 15.4. The number of hydrogen-bond acceptors (Lipinski definition) is 1. The van der Waals surface area contributed by atoms with Gasteiger partial charge >= 0.3 is 0 Å². The van der Waals surface area contributed by atoms with Crippen LogP contribution in [-0.4, -0.2) is 7.05 Å². The van der Waals surface area contributed by atoms with Crippen LogP contribution in [0.1, 0.15) is 22.7 Å². The number of rotatable bonds is 4. The molecule has 0 heterocycles. The largest absolute Gasteiger partial charge is 0.313 e. The summed E-state index contributed by atoms with van der Waals surface area (Å²) in [5, 5.41) is 3.19. The molecule has 4 heteroatoms. The van der Waals surface area contributed by atoms with Crippen molar-refractivity contribution in [2.75, 3.05) is 7.05 Å². The first-order valence-corrected chi connectivity index (χ1v) is 7.47. The number of aryl methyl sites for hydroxylation is 1. The molecule has 0 aromatic heterocycles. The molecular formula is C16H16F2IN. The van der Waals surface area contributed by atoms with Crippen LogP contribution in [0.15, 0.2) is 36.4 Å². The van der Waals surface area contributed by atoms with E-state index in [9.17, 15) is 8.78 Å². The van der Waals surface area contributed by atoms with Crippen LogP contribution < -0.4 is 5.32 Å². The van der Waals surface area contributed by atoms with Crippen LogP contribution in [0.2, 0.25) is 0 Å². The predicted molar refractivity (Wildman–Crippen MR) is 85.8 cm³/mol. The van der Waals surface area contributed by atoms with E-state index in [1.807, 2.05) is 32.2 Å². The third kappa shape index (κ3) is 3.35. The minimum absolute atomic E-state index is 0.0434. The van der Waals surface area contributed by atoms with Crippen LogP contribution >= 0.6 is 22.6 Å². The molecule has 1 nitrogen and oxygen atoms in total. The van der Waals surface area contributed by atoms with Gasteiger partial charge in [0.15, 0.2) is 0 Å². The number of benzene rings is 2. The maximum Gasteiger partial charge on any atom is 0.126 e. The van der Waals surface area contributed by atoms with E-state index >= 15 is 0 Å². The first-order chi connectivity index (χ1) is 9.52. The third-order valence-electron chi connectivity index (χ3n) is 3.38. The van der Waals surface area contributed by atoms with Gasteiger partial charge in [-0.1, -0.05) is 18.2 Å². The number of likely N-dealkylation sites (N-methyl/N-ethyl adjacent to an activating group) is 1. The predicted octanol–water partition coefficient (Wildman–Crippen LogP) is 4.38. The van der Waals surface area contributed by atoms with Gasteiger partial charge in [-0.15, -0.1) is 0 Å². The smallest absolute Gasteiger partial charge is 0.126 e. The molecule has 0 aliphatic carbocycles. The summed E-state index contributed by atoms with van der Waals surface area (Å²) in [5.41, 5.74) is 2.68. The Morgan fingerprint density at radius 2 is 1.95 bits per heavy atom. The number of halogens is 3. The van der Waals surface area contributed by atoms with Crippen LogP contribution in [0.25, 0.3) is 0 Å². The molecule has 20 heavy (non-hydrogen) atoms. The van der Waals surface area contributed by atoms with Crippen molar-refractivity contribution in [1.29, 1.82) is 0 Å². The van der Waals surface area contributed by atoms with Crippen molar-refractivity contribution in [3.8, 4) is 0 Å². The fourth-order valence-corrected chi connectivity index (χ4v) is 2.96. The monoisotopic (exact) mass is 387 g/mol. The fourth-order valence-electron chi connectivity index (χ4n) is 2.23.